The fraction of sp³-hybridized carbons (Fsp3) is 0.312. The summed E-state index contributed by atoms with van der Waals surface area (Å²) in [6, 6.07) is 9.97. The molecule has 1 aromatic heterocycles. The van der Waals surface area contributed by atoms with E-state index in [0.717, 1.165) is 43.2 Å². The lowest BCUT2D eigenvalue weighted by Gasteiger charge is -2.28. The molecule has 0 spiro atoms. The molecule has 0 aliphatic carbocycles. The molecule has 0 radical (unpaired) electrons. The number of pyridine rings is 1. The summed E-state index contributed by atoms with van der Waals surface area (Å²) in [6.07, 6.45) is 0. The van der Waals surface area contributed by atoms with Crippen molar-refractivity contribution in [3.05, 3.63) is 40.3 Å². The van der Waals surface area contributed by atoms with Crippen LogP contribution in [0.1, 0.15) is 0 Å². The van der Waals surface area contributed by atoms with Crippen molar-refractivity contribution >= 4 is 28.8 Å². The number of halogens is 1. The quantitative estimate of drug-likeness (QED) is 0.481. The molecule has 2 aromatic rings. The second-order valence-corrected chi connectivity index (χ2v) is 6.10. The molecule has 2 aliphatic heterocycles. The van der Waals surface area contributed by atoms with Crippen molar-refractivity contribution < 1.29 is 4.74 Å². The Morgan fingerprint density at radius 1 is 1.25 bits per heavy atom. The number of ether oxygens (including phenoxy) is 1. The first kappa shape index (κ1) is 15.2. The van der Waals surface area contributed by atoms with E-state index in [4.69, 9.17) is 16.3 Å². The van der Waals surface area contributed by atoms with Crippen LogP contribution in [-0.4, -0.2) is 43.5 Å². The van der Waals surface area contributed by atoms with Crippen LogP contribution in [0.5, 0.6) is 0 Å². The van der Waals surface area contributed by atoms with Crippen LogP contribution in [0.2, 0.25) is 5.02 Å². The lowest BCUT2D eigenvalue weighted by atomic mass is 10.1. The molecule has 0 atom stereocenters. The first-order chi connectivity index (χ1) is 11.7. The van der Waals surface area contributed by atoms with Gasteiger partial charge in [-0.25, -0.2) is 9.99 Å². The summed E-state index contributed by atoms with van der Waals surface area (Å²) >= 11 is 6.36. The van der Waals surface area contributed by atoms with Crippen LogP contribution < -0.4 is 9.91 Å². The zero-order chi connectivity index (χ0) is 16.7. The minimum atomic E-state index is 0.551. The molecule has 2 aliphatic rings. The van der Waals surface area contributed by atoms with Crippen molar-refractivity contribution in [2.24, 2.45) is 5.29 Å². The molecular weight excluding hydrogens is 330 g/mol. The van der Waals surface area contributed by atoms with Crippen molar-refractivity contribution in [2.75, 3.05) is 43.3 Å². The molecule has 124 valence electrons. The van der Waals surface area contributed by atoms with Gasteiger partial charge >= 0.3 is 0 Å². The van der Waals surface area contributed by atoms with E-state index in [1.165, 1.54) is 5.12 Å². The highest BCUT2D eigenvalue weighted by Crippen LogP contribution is 2.50. The van der Waals surface area contributed by atoms with Crippen LogP contribution >= 0.6 is 11.6 Å². The predicted molar refractivity (Wildman–Crippen MR) is 93.4 cm³/mol. The number of benzene rings is 1. The zero-order valence-electron chi connectivity index (χ0n) is 13.1. The monoisotopic (exact) mass is 345 g/mol. The standard InChI is InChI=1S/C16H16ClN5O2/c1-20(19-23)22-14-10-13(17)15(18-16(14)22)11-2-4-12(5-3-11)21-6-8-24-9-7-21/h2-5,10H,6-9H2,1H3. The predicted octanol–water partition coefficient (Wildman–Crippen LogP) is 3.22. The van der Waals surface area contributed by atoms with Crippen molar-refractivity contribution in [3.8, 4) is 11.3 Å². The van der Waals surface area contributed by atoms with Gasteiger partial charge in [-0.1, -0.05) is 23.7 Å². The number of nitrogens with zero attached hydrogens (tertiary/aromatic N) is 5. The lowest BCUT2D eigenvalue weighted by Crippen LogP contribution is -2.36. The van der Waals surface area contributed by atoms with Gasteiger partial charge in [-0.3, -0.25) is 0 Å². The van der Waals surface area contributed by atoms with Gasteiger partial charge in [0.1, 0.15) is 5.69 Å². The molecular formula is C16H16ClN5O2. The van der Waals surface area contributed by atoms with Crippen LogP contribution in [0.25, 0.3) is 11.3 Å². The molecule has 24 heavy (non-hydrogen) atoms. The third-order valence-corrected chi connectivity index (χ3v) is 4.53. The summed E-state index contributed by atoms with van der Waals surface area (Å²) in [7, 11) is 1.57. The normalized spacial score (nSPS) is 15.9. The molecule has 4 rings (SSSR count). The zero-order valence-corrected chi connectivity index (χ0v) is 13.9. The number of fused-ring (bicyclic) bond motifs is 1. The van der Waals surface area contributed by atoms with Crippen molar-refractivity contribution in [3.63, 3.8) is 0 Å². The molecule has 8 heteroatoms. The molecule has 7 nitrogen and oxygen atoms in total. The van der Waals surface area contributed by atoms with Gasteiger partial charge in [0.15, 0.2) is 5.82 Å². The van der Waals surface area contributed by atoms with Crippen LogP contribution in [0, 0.1) is 4.91 Å². The first-order valence-corrected chi connectivity index (χ1v) is 8.07. The lowest BCUT2D eigenvalue weighted by molar-refractivity contribution is 0.122. The summed E-state index contributed by atoms with van der Waals surface area (Å²) in [6.45, 7) is 3.32. The third kappa shape index (κ3) is 2.55. The Bertz CT molecular complexity index is 777. The van der Waals surface area contributed by atoms with E-state index in [-0.39, 0.29) is 0 Å². The number of rotatable bonds is 4. The van der Waals surface area contributed by atoms with Gasteiger partial charge in [-0.05, 0) is 18.2 Å². The molecule has 1 saturated heterocycles. The van der Waals surface area contributed by atoms with Crippen LogP contribution in [-0.2, 0) is 4.74 Å². The molecule has 0 amide bonds. The molecule has 0 N–H and O–H groups in total. The maximum atomic E-state index is 10.6. The van der Waals surface area contributed by atoms with E-state index in [1.807, 2.05) is 12.1 Å². The number of nitroso groups, excluding NO2 is 1. The van der Waals surface area contributed by atoms with E-state index in [1.54, 1.807) is 18.1 Å². The number of anilines is 3. The molecule has 1 aromatic carbocycles. The van der Waals surface area contributed by atoms with E-state index >= 15 is 0 Å². The van der Waals surface area contributed by atoms with Gasteiger partial charge in [0.25, 0.3) is 0 Å². The number of hydrogen-bond donors (Lipinski definition) is 0. The van der Waals surface area contributed by atoms with Gasteiger partial charge in [-0.15, -0.1) is 4.91 Å². The van der Waals surface area contributed by atoms with E-state index < -0.39 is 0 Å². The Hall–Kier alpha value is -2.38. The maximum Gasteiger partial charge on any atom is 0.180 e. The van der Waals surface area contributed by atoms with Gasteiger partial charge < -0.3 is 9.64 Å². The number of aromatic nitrogens is 1. The Kier molecular flexibility index (Phi) is 3.74. The molecule has 0 saturated carbocycles. The first-order valence-electron chi connectivity index (χ1n) is 7.70. The third-order valence-electron chi connectivity index (χ3n) is 4.24. The second-order valence-electron chi connectivity index (χ2n) is 5.69. The highest BCUT2D eigenvalue weighted by molar-refractivity contribution is 6.33. The summed E-state index contributed by atoms with van der Waals surface area (Å²) in [5.74, 6) is 0.703. The summed E-state index contributed by atoms with van der Waals surface area (Å²) in [5.41, 5.74) is 3.60. The van der Waals surface area contributed by atoms with Crippen LogP contribution in [0.15, 0.2) is 35.6 Å². The number of hydrazine groups is 1. The SMILES string of the molecule is CN(N=O)N1c2cc(Cl)c(-c3ccc(N4CCOCC4)cc3)nc21. The molecule has 3 heterocycles. The largest absolute Gasteiger partial charge is 0.378 e. The Balaban J connectivity index is 1.59. The average molecular weight is 346 g/mol. The molecule has 0 unspecified atom stereocenters. The summed E-state index contributed by atoms with van der Waals surface area (Å²) < 4.78 is 5.38. The topological polar surface area (TPSA) is 61.0 Å². The second kappa shape index (κ2) is 5.92. The van der Waals surface area contributed by atoms with Crippen molar-refractivity contribution in [1.82, 2.24) is 10.1 Å². The maximum absolute atomic E-state index is 10.6. The number of morpholine rings is 1. The Morgan fingerprint density at radius 2 is 1.96 bits per heavy atom. The smallest absolute Gasteiger partial charge is 0.180 e. The Morgan fingerprint density at radius 3 is 2.62 bits per heavy atom. The highest BCUT2D eigenvalue weighted by Gasteiger charge is 2.37. The van der Waals surface area contributed by atoms with Crippen LogP contribution in [0.4, 0.5) is 17.2 Å². The summed E-state index contributed by atoms with van der Waals surface area (Å²) in [5, 5.41) is 6.23. The van der Waals surface area contributed by atoms with Gasteiger partial charge in [0.05, 0.1) is 36.3 Å². The minimum absolute atomic E-state index is 0.551. The fourth-order valence-corrected chi connectivity index (χ4v) is 3.18. The van der Waals surface area contributed by atoms with E-state index in [2.05, 4.69) is 27.3 Å². The van der Waals surface area contributed by atoms with E-state index in [0.29, 0.717) is 16.5 Å². The van der Waals surface area contributed by atoms with Gasteiger partial charge in [0, 0.05) is 24.3 Å². The molecule has 1 fully saturated rings. The fourth-order valence-electron chi connectivity index (χ4n) is 2.92. The summed E-state index contributed by atoms with van der Waals surface area (Å²) in [4.78, 5) is 17.5. The van der Waals surface area contributed by atoms with Crippen molar-refractivity contribution in [2.45, 2.75) is 0 Å². The Labute approximate surface area is 144 Å². The average Bonchev–Trinajstić information content (AvgIpc) is 3.34. The number of hydrogen-bond acceptors (Lipinski definition) is 6. The van der Waals surface area contributed by atoms with Crippen LogP contribution in [0.3, 0.4) is 0 Å². The van der Waals surface area contributed by atoms with Gasteiger partial charge in [-0.2, -0.15) is 5.12 Å². The van der Waals surface area contributed by atoms with Crippen molar-refractivity contribution in [1.29, 1.82) is 0 Å². The van der Waals surface area contributed by atoms with E-state index in [9.17, 15) is 4.91 Å². The van der Waals surface area contributed by atoms with Gasteiger partial charge in [0.2, 0.25) is 0 Å². The molecule has 0 bridgehead atoms. The minimum Gasteiger partial charge on any atom is -0.378 e. The highest BCUT2D eigenvalue weighted by atomic mass is 35.5.